The molecule has 0 fully saturated rings. The Morgan fingerprint density at radius 1 is 1.21 bits per heavy atom. The minimum atomic E-state index is -4.60. The van der Waals surface area contributed by atoms with Crippen LogP contribution in [0, 0.1) is 0 Å². The lowest BCUT2D eigenvalue weighted by Crippen LogP contribution is -2.25. The number of thiazole rings is 1. The van der Waals surface area contributed by atoms with Crippen LogP contribution in [0.15, 0.2) is 47.5 Å². The van der Waals surface area contributed by atoms with Gasteiger partial charge in [0.25, 0.3) is 5.91 Å². The molecule has 1 aromatic heterocycles. The molecule has 0 radical (unpaired) electrons. The number of carbonyl (C=O) groups is 2. The lowest BCUT2D eigenvalue weighted by atomic mass is 10.1. The van der Waals surface area contributed by atoms with E-state index in [-0.39, 0.29) is 10.4 Å². The zero-order valence-electron chi connectivity index (χ0n) is 15.2. The highest BCUT2D eigenvalue weighted by Gasteiger charge is 2.31. The van der Waals surface area contributed by atoms with Gasteiger partial charge in [0.2, 0.25) is 0 Å². The molecule has 2 aromatic carbocycles. The Morgan fingerprint density at radius 2 is 1.93 bits per heavy atom. The van der Waals surface area contributed by atoms with E-state index < -0.39 is 29.7 Å². The summed E-state index contributed by atoms with van der Waals surface area (Å²) in [6.07, 6.45) is -4.60. The highest BCUT2D eigenvalue weighted by Crippen LogP contribution is 2.30. The second-order valence-electron chi connectivity index (χ2n) is 6.10. The number of carbonyl (C=O) groups excluding carboxylic acids is 1. The normalized spacial score (nSPS) is 13.5. The van der Waals surface area contributed by atoms with Gasteiger partial charge in [-0.2, -0.15) is 18.2 Å². The zero-order chi connectivity index (χ0) is 21.3. The van der Waals surface area contributed by atoms with Crippen molar-refractivity contribution in [3.63, 3.8) is 0 Å². The molecule has 0 aliphatic carbocycles. The predicted molar refractivity (Wildman–Crippen MR) is 100 cm³/mol. The Kier molecular flexibility index (Phi) is 5.47. The maximum Gasteiger partial charge on any atom is 0.416 e. The van der Waals surface area contributed by atoms with Gasteiger partial charge in [-0.1, -0.05) is 17.4 Å². The number of benzene rings is 2. The number of alkyl halides is 3. The van der Waals surface area contributed by atoms with E-state index in [2.05, 4.69) is 4.99 Å². The number of nitrogens with zero attached hydrogens (tertiary/aromatic N) is 2. The fourth-order valence-corrected chi connectivity index (χ4v) is 3.82. The van der Waals surface area contributed by atoms with Gasteiger partial charge >= 0.3 is 12.1 Å². The smallest absolute Gasteiger partial charge is 0.416 e. The van der Waals surface area contributed by atoms with Crippen LogP contribution in [0.1, 0.15) is 28.9 Å². The molecule has 1 atom stereocenters. The van der Waals surface area contributed by atoms with Crippen molar-refractivity contribution in [2.24, 2.45) is 4.99 Å². The Bertz CT molecular complexity index is 1160. The molecular formula is C19H15F3N2O4S. The average Bonchev–Trinajstić information content (AvgIpc) is 3.03. The molecule has 6 nitrogen and oxygen atoms in total. The Hall–Kier alpha value is -3.14. The summed E-state index contributed by atoms with van der Waals surface area (Å²) in [5.74, 6) is -1.51. The summed E-state index contributed by atoms with van der Waals surface area (Å²) >= 11 is 1.04. The molecule has 0 spiro atoms. The van der Waals surface area contributed by atoms with Crippen LogP contribution in [0.4, 0.5) is 13.2 Å². The first-order valence-electron chi connectivity index (χ1n) is 8.30. The van der Waals surface area contributed by atoms with Gasteiger partial charge in [0.05, 0.1) is 22.9 Å². The van der Waals surface area contributed by atoms with Gasteiger partial charge < -0.3 is 14.4 Å². The predicted octanol–water partition coefficient (Wildman–Crippen LogP) is 4.12. The number of methoxy groups -OCH3 is 1. The van der Waals surface area contributed by atoms with E-state index in [1.54, 1.807) is 18.2 Å². The highest BCUT2D eigenvalue weighted by molar-refractivity contribution is 7.16. The molecule has 10 heteroatoms. The molecule has 1 unspecified atom stereocenters. The third-order valence-electron chi connectivity index (χ3n) is 4.21. The van der Waals surface area contributed by atoms with Crippen LogP contribution >= 0.6 is 11.3 Å². The number of carboxylic acid groups (broad SMARTS) is 1. The zero-order valence-corrected chi connectivity index (χ0v) is 16.0. The number of aromatic nitrogens is 1. The standard InChI is InChI=1S/C19H15F3N2O4S/c1-10(17(26)27)24-14-7-6-13(28-2)9-15(14)29-18(24)23-16(25)11-4-3-5-12(8-11)19(20,21)22/h3-10H,1-2H3,(H,26,27)/b23-18-. The van der Waals surface area contributed by atoms with Gasteiger partial charge in [0.1, 0.15) is 11.8 Å². The van der Waals surface area contributed by atoms with Crippen LogP contribution in [0.2, 0.25) is 0 Å². The summed E-state index contributed by atoms with van der Waals surface area (Å²) in [5, 5.41) is 9.42. The van der Waals surface area contributed by atoms with Crippen LogP contribution < -0.4 is 9.54 Å². The van der Waals surface area contributed by atoms with Gasteiger partial charge in [-0.25, -0.2) is 4.79 Å². The van der Waals surface area contributed by atoms with E-state index in [1.165, 1.54) is 24.7 Å². The number of aliphatic carboxylic acids is 1. The largest absolute Gasteiger partial charge is 0.497 e. The van der Waals surface area contributed by atoms with Gasteiger partial charge in [-0.15, -0.1) is 0 Å². The minimum Gasteiger partial charge on any atom is -0.497 e. The van der Waals surface area contributed by atoms with E-state index in [9.17, 15) is 27.9 Å². The molecule has 0 bridgehead atoms. The molecule has 0 aliphatic heterocycles. The van der Waals surface area contributed by atoms with E-state index in [1.807, 2.05) is 0 Å². The fraction of sp³-hybridized carbons (Fsp3) is 0.211. The van der Waals surface area contributed by atoms with Gasteiger partial charge in [-0.3, -0.25) is 4.79 Å². The highest BCUT2D eigenvalue weighted by atomic mass is 32.1. The molecule has 29 heavy (non-hydrogen) atoms. The molecule has 3 rings (SSSR count). The number of amides is 1. The minimum absolute atomic E-state index is 0.0607. The summed E-state index contributed by atoms with van der Waals surface area (Å²) in [6.45, 7) is 1.42. The first-order chi connectivity index (χ1) is 13.6. The van der Waals surface area contributed by atoms with Crippen molar-refractivity contribution < 1.29 is 32.6 Å². The quantitative estimate of drug-likeness (QED) is 0.683. The molecule has 0 saturated carbocycles. The Morgan fingerprint density at radius 3 is 2.55 bits per heavy atom. The van der Waals surface area contributed by atoms with Gasteiger partial charge in [-0.05, 0) is 43.3 Å². The van der Waals surface area contributed by atoms with Gasteiger partial charge in [0, 0.05) is 5.56 Å². The molecule has 1 amide bonds. The van der Waals surface area contributed by atoms with Crippen molar-refractivity contribution >= 4 is 33.4 Å². The Balaban J connectivity index is 2.17. The number of hydrogen-bond donors (Lipinski definition) is 1. The number of ether oxygens (including phenoxy) is 1. The van der Waals surface area contributed by atoms with Crippen molar-refractivity contribution in [1.82, 2.24) is 4.57 Å². The van der Waals surface area contributed by atoms with Crippen LogP contribution in [0.3, 0.4) is 0 Å². The number of halogens is 3. The monoisotopic (exact) mass is 424 g/mol. The molecule has 3 aromatic rings. The summed E-state index contributed by atoms with van der Waals surface area (Å²) < 4.78 is 45.8. The lowest BCUT2D eigenvalue weighted by molar-refractivity contribution is -0.140. The van der Waals surface area contributed by atoms with Crippen molar-refractivity contribution in [2.45, 2.75) is 19.1 Å². The number of rotatable bonds is 4. The molecule has 0 saturated heterocycles. The summed E-state index contributed by atoms with van der Waals surface area (Å²) in [4.78, 5) is 28.0. The number of hydrogen-bond acceptors (Lipinski definition) is 4. The molecule has 0 aliphatic rings. The third kappa shape index (κ3) is 4.16. The maximum atomic E-state index is 12.9. The number of fused-ring (bicyclic) bond motifs is 1. The summed E-state index contributed by atoms with van der Waals surface area (Å²) in [7, 11) is 1.48. The molecule has 152 valence electrons. The number of carboxylic acids is 1. The SMILES string of the molecule is COc1ccc2c(c1)s/c(=N\C(=O)c1cccc(C(F)(F)F)c1)n2C(C)C(=O)O. The van der Waals surface area contributed by atoms with Crippen molar-refractivity contribution in [2.75, 3.05) is 7.11 Å². The van der Waals surface area contributed by atoms with Crippen LogP contribution in [0.5, 0.6) is 5.75 Å². The van der Waals surface area contributed by atoms with Crippen LogP contribution in [-0.4, -0.2) is 28.7 Å². The summed E-state index contributed by atoms with van der Waals surface area (Å²) in [6, 6.07) is 7.81. The van der Waals surface area contributed by atoms with E-state index in [0.29, 0.717) is 22.0 Å². The summed E-state index contributed by atoms with van der Waals surface area (Å²) in [5.41, 5.74) is -0.697. The van der Waals surface area contributed by atoms with Gasteiger partial charge in [0.15, 0.2) is 4.80 Å². The van der Waals surface area contributed by atoms with E-state index >= 15 is 0 Å². The molecule has 1 N–H and O–H groups in total. The lowest BCUT2D eigenvalue weighted by Gasteiger charge is -2.10. The second kappa shape index (κ2) is 7.70. The first kappa shape index (κ1) is 20.6. The molecular weight excluding hydrogens is 409 g/mol. The van der Waals surface area contributed by atoms with Crippen molar-refractivity contribution in [3.8, 4) is 5.75 Å². The van der Waals surface area contributed by atoms with E-state index in [0.717, 1.165) is 23.5 Å². The third-order valence-corrected chi connectivity index (χ3v) is 5.23. The van der Waals surface area contributed by atoms with Crippen LogP contribution in [-0.2, 0) is 11.0 Å². The maximum absolute atomic E-state index is 12.9. The average molecular weight is 424 g/mol. The van der Waals surface area contributed by atoms with Crippen LogP contribution in [0.25, 0.3) is 10.2 Å². The van der Waals surface area contributed by atoms with E-state index in [4.69, 9.17) is 4.74 Å². The fourth-order valence-electron chi connectivity index (χ4n) is 2.69. The Labute approximate surface area is 166 Å². The van der Waals surface area contributed by atoms with Crippen molar-refractivity contribution in [3.05, 3.63) is 58.4 Å². The topological polar surface area (TPSA) is 80.9 Å². The second-order valence-corrected chi connectivity index (χ2v) is 7.11. The molecule has 1 heterocycles. The first-order valence-corrected chi connectivity index (χ1v) is 9.11. The van der Waals surface area contributed by atoms with Crippen molar-refractivity contribution in [1.29, 1.82) is 0 Å².